The maximum absolute atomic E-state index is 12.4. The van der Waals surface area contributed by atoms with Gasteiger partial charge in [-0.25, -0.2) is 12.7 Å². The van der Waals surface area contributed by atoms with Gasteiger partial charge in [0, 0.05) is 31.4 Å². The molecule has 2 atom stereocenters. The minimum atomic E-state index is -3.28. The van der Waals surface area contributed by atoms with Gasteiger partial charge in [-0.15, -0.1) is 11.6 Å². The van der Waals surface area contributed by atoms with E-state index in [1.54, 1.807) is 13.2 Å². The van der Waals surface area contributed by atoms with E-state index in [4.69, 9.17) is 11.6 Å². The van der Waals surface area contributed by atoms with Crippen LogP contribution in [0.3, 0.4) is 0 Å². The van der Waals surface area contributed by atoms with Crippen molar-refractivity contribution >= 4 is 21.6 Å². The summed E-state index contributed by atoms with van der Waals surface area (Å²) in [5.41, 5.74) is 0.801. The largest absolute Gasteiger partial charge is 0.261 e. The van der Waals surface area contributed by atoms with Crippen LogP contribution in [-0.4, -0.2) is 41.9 Å². The fourth-order valence-electron chi connectivity index (χ4n) is 2.61. The van der Waals surface area contributed by atoms with E-state index in [1.165, 1.54) is 4.31 Å². The van der Waals surface area contributed by atoms with E-state index >= 15 is 0 Å². The van der Waals surface area contributed by atoms with Crippen LogP contribution in [0, 0.1) is 0 Å². The van der Waals surface area contributed by atoms with Crippen LogP contribution in [0.1, 0.15) is 31.4 Å². The quantitative estimate of drug-likeness (QED) is 0.784. The highest BCUT2D eigenvalue weighted by Gasteiger charge is 2.32. The van der Waals surface area contributed by atoms with Crippen molar-refractivity contribution < 1.29 is 8.42 Å². The van der Waals surface area contributed by atoms with E-state index in [0.29, 0.717) is 6.42 Å². The predicted molar refractivity (Wildman–Crippen MR) is 81.4 cm³/mol. The first-order valence-electron chi connectivity index (χ1n) is 7.00. The minimum absolute atomic E-state index is 0.0702. The van der Waals surface area contributed by atoms with Crippen molar-refractivity contribution in [1.82, 2.24) is 9.29 Å². The fraction of sp³-hybridized carbons (Fsp3) is 0.643. The SMILES string of the molecule is CN(C1CCCCC1Cl)S(=O)(=O)CCc1ccccn1. The van der Waals surface area contributed by atoms with Crippen LogP contribution in [0.2, 0.25) is 0 Å². The van der Waals surface area contributed by atoms with Gasteiger partial charge in [0.1, 0.15) is 0 Å². The van der Waals surface area contributed by atoms with Crippen LogP contribution in [-0.2, 0) is 16.4 Å². The zero-order valence-corrected chi connectivity index (χ0v) is 13.3. The number of rotatable bonds is 5. The van der Waals surface area contributed by atoms with Crippen molar-refractivity contribution in [2.45, 2.75) is 43.5 Å². The van der Waals surface area contributed by atoms with E-state index in [0.717, 1.165) is 31.4 Å². The van der Waals surface area contributed by atoms with Crippen molar-refractivity contribution in [3.8, 4) is 0 Å². The molecule has 1 saturated carbocycles. The van der Waals surface area contributed by atoms with Crippen molar-refractivity contribution in [1.29, 1.82) is 0 Å². The molecule has 2 rings (SSSR count). The van der Waals surface area contributed by atoms with Crippen LogP contribution >= 0.6 is 11.6 Å². The molecule has 1 aliphatic rings. The van der Waals surface area contributed by atoms with Gasteiger partial charge in [-0.1, -0.05) is 18.9 Å². The van der Waals surface area contributed by atoms with Crippen molar-refractivity contribution in [3.63, 3.8) is 0 Å². The van der Waals surface area contributed by atoms with Crippen LogP contribution in [0.5, 0.6) is 0 Å². The highest BCUT2D eigenvalue weighted by atomic mass is 35.5. The Morgan fingerprint density at radius 3 is 2.75 bits per heavy atom. The summed E-state index contributed by atoms with van der Waals surface area (Å²) in [6, 6.07) is 5.47. The van der Waals surface area contributed by atoms with E-state index in [-0.39, 0.29) is 17.2 Å². The van der Waals surface area contributed by atoms with Crippen LogP contribution in [0.4, 0.5) is 0 Å². The molecule has 0 radical (unpaired) electrons. The lowest BCUT2D eigenvalue weighted by Crippen LogP contribution is -2.45. The fourth-order valence-corrected chi connectivity index (χ4v) is 4.54. The van der Waals surface area contributed by atoms with Crippen LogP contribution < -0.4 is 0 Å². The lowest BCUT2D eigenvalue weighted by atomic mass is 9.95. The molecular weight excluding hydrogens is 296 g/mol. The molecular formula is C14H21ClN2O2S. The summed E-state index contributed by atoms with van der Waals surface area (Å²) in [7, 11) is -1.63. The number of aromatic nitrogens is 1. The zero-order valence-electron chi connectivity index (χ0n) is 11.7. The summed E-state index contributed by atoms with van der Waals surface area (Å²) >= 11 is 6.28. The average Bonchev–Trinajstić information content (AvgIpc) is 2.46. The number of aryl methyl sites for hydroxylation is 1. The Labute approximate surface area is 126 Å². The Kier molecular flexibility index (Phi) is 5.41. The molecule has 1 aliphatic carbocycles. The summed E-state index contributed by atoms with van der Waals surface area (Å²) in [4.78, 5) is 4.16. The smallest absolute Gasteiger partial charge is 0.214 e. The molecule has 0 bridgehead atoms. The van der Waals surface area contributed by atoms with Gasteiger partial charge in [0.05, 0.1) is 11.1 Å². The number of sulfonamides is 1. The van der Waals surface area contributed by atoms with E-state index in [1.807, 2.05) is 18.2 Å². The van der Waals surface area contributed by atoms with Crippen LogP contribution in [0.15, 0.2) is 24.4 Å². The van der Waals surface area contributed by atoms with E-state index in [9.17, 15) is 8.42 Å². The summed E-state index contributed by atoms with van der Waals surface area (Å²) in [5.74, 6) is 0.0840. The van der Waals surface area contributed by atoms with Crippen LogP contribution in [0.25, 0.3) is 0 Å². The highest BCUT2D eigenvalue weighted by molar-refractivity contribution is 7.89. The lowest BCUT2D eigenvalue weighted by Gasteiger charge is -2.34. The van der Waals surface area contributed by atoms with Gasteiger partial charge in [0.15, 0.2) is 0 Å². The Balaban J connectivity index is 1.98. The normalized spacial score (nSPS) is 23.9. The third-order valence-corrected chi connectivity index (χ3v) is 6.27. The second-order valence-corrected chi connectivity index (χ2v) is 7.98. The molecule has 112 valence electrons. The zero-order chi connectivity index (χ0) is 14.6. The monoisotopic (exact) mass is 316 g/mol. The molecule has 0 aliphatic heterocycles. The standard InChI is InChI=1S/C14H21ClN2O2S/c1-17(14-8-3-2-7-13(14)15)20(18,19)11-9-12-6-4-5-10-16-12/h4-6,10,13-14H,2-3,7-9,11H2,1H3. The molecule has 0 saturated heterocycles. The van der Waals surface area contributed by atoms with E-state index in [2.05, 4.69) is 4.98 Å². The van der Waals surface area contributed by atoms with Gasteiger partial charge < -0.3 is 0 Å². The molecule has 4 nitrogen and oxygen atoms in total. The third kappa shape index (κ3) is 3.93. The molecule has 20 heavy (non-hydrogen) atoms. The third-order valence-electron chi connectivity index (χ3n) is 3.90. The molecule has 1 aromatic rings. The summed E-state index contributed by atoms with van der Waals surface area (Å²) < 4.78 is 26.3. The Morgan fingerprint density at radius 2 is 2.10 bits per heavy atom. The van der Waals surface area contributed by atoms with E-state index < -0.39 is 10.0 Å². The van der Waals surface area contributed by atoms with Gasteiger partial charge in [-0.05, 0) is 25.0 Å². The van der Waals surface area contributed by atoms with Gasteiger partial charge in [-0.3, -0.25) is 4.98 Å². The molecule has 1 fully saturated rings. The van der Waals surface area contributed by atoms with Gasteiger partial charge in [0.2, 0.25) is 10.0 Å². The first-order chi connectivity index (χ1) is 9.50. The predicted octanol–water partition coefficient (Wildman–Crippen LogP) is 2.44. The number of nitrogens with zero attached hydrogens (tertiary/aromatic N) is 2. The second kappa shape index (κ2) is 6.87. The van der Waals surface area contributed by atoms with Gasteiger partial charge >= 0.3 is 0 Å². The first-order valence-corrected chi connectivity index (χ1v) is 9.05. The van der Waals surface area contributed by atoms with Gasteiger partial charge in [-0.2, -0.15) is 0 Å². The minimum Gasteiger partial charge on any atom is -0.261 e. The highest BCUT2D eigenvalue weighted by Crippen LogP contribution is 2.28. The number of pyridine rings is 1. The molecule has 0 amide bonds. The molecule has 0 aromatic carbocycles. The maximum atomic E-state index is 12.4. The maximum Gasteiger partial charge on any atom is 0.214 e. The molecule has 2 unspecified atom stereocenters. The first kappa shape index (κ1) is 15.7. The lowest BCUT2D eigenvalue weighted by molar-refractivity contribution is 0.291. The Morgan fingerprint density at radius 1 is 1.35 bits per heavy atom. The molecule has 1 aromatic heterocycles. The second-order valence-electron chi connectivity index (χ2n) is 5.27. The topological polar surface area (TPSA) is 50.3 Å². The number of hydrogen-bond donors (Lipinski definition) is 0. The molecule has 6 heteroatoms. The van der Waals surface area contributed by atoms with Crippen molar-refractivity contribution in [3.05, 3.63) is 30.1 Å². The average molecular weight is 317 g/mol. The number of alkyl halides is 1. The molecule has 0 N–H and O–H groups in total. The number of halogens is 1. The summed E-state index contributed by atoms with van der Waals surface area (Å²) in [5, 5.41) is -0.0709. The van der Waals surface area contributed by atoms with Gasteiger partial charge in [0.25, 0.3) is 0 Å². The Bertz CT molecular complexity index is 521. The Hall–Kier alpha value is -0.650. The summed E-state index contributed by atoms with van der Waals surface area (Å²) in [6.07, 6.45) is 6.01. The molecule has 1 heterocycles. The number of hydrogen-bond acceptors (Lipinski definition) is 3. The van der Waals surface area contributed by atoms with Crippen molar-refractivity contribution in [2.24, 2.45) is 0 Å². The summed E-state index contributed by atoms with van der Waals surface area (Å²) in [6.45, 7) is 0. The van der Waals surface area contributed by atoms with Crippen molar-refractivity contribution in [2.75, 3.05) is 12.8 Å². The molecule has 0 spiro atoms.